The maximum absolute atomic E-state index is 12.7. The summed E-state index contributed by atoms with van der Waals surface area (Å²) in [7, 11) is -3.60. The van der Waals surface area contributed by atoms with Crippen molar-refractivity contribution in [1.82, 2.24) is 14.5 Å². The average molecular weight is 420 g/mol. The Kier molecular flexibility index (Phi) is 4.86. The van der Waals surface area contributed by atoms with Gasteiger partial charge >= 0.3 is 6.03 Å². The molecule has 2 N–H and O–H groups in total. The first-order chi connectivity index (χ1) is 13.7. The molecule has 4 rings (SSSR count). The highest BCUT2D eigenvalue weighted by molar-refractivity contribution is 7.89. The molecule has 156 valence electrons. The molecule has 0 radical (unpaired) electrons. The fourth-order valence-electron chi connectivity index (χ4n) is 3.95. The molecule has 1 atom stereocenters. The molecular weight excluding hydrogens is 396 g/mol. The number of benzene rings is 1. The van der Waals surface area contributed by atoms with Crippen molar-refractivity contribution < 1.29 is 22.8 Å². The van der Waals surface area contributed by atoms with Gasteiger partial charge in [-0.15, -0.1) is 0 Å². The molecule has 0 bridgehead atoms. The Bertz CT molecular complexity index is 969. The van der Waals surface area contributed by atoms with Gasteiger partial charge in [-0.25, -0.2) is 13.2 Å². The normalized spacial score (nSPS) is 25.3. The van der Waals surface area contributed by atoms with Crippen molar-refractivity contribution in [3.05, 3.63) is 24.3 Å². The van der Waals surface area contributed by atoms with E-state index >= 15 is 0 Å². The zero-order chi connectivity index (χ0) is 20.8. The number of rotatable bonds is 6. The molecule has 3 fully saturated rings. The van der Waals surface area contributed by atoms with Crippen LogP contribution in [0.15, 0.2) is 29.2 Å². The Morgan fingerprint density at radius 1 is 1.24 bits per heavy atom. The summed E-state index contributed by atoms with van der Waals surface area (Å²) >= 11 is 0. The standard InChI is InChI=1S/C19H24N4O5S/c1-19(13-7-8-13)17(25)23(18(26)21-19)12-16(24)20-14-5-4-6-15(11-14)29(27,28)22-9-2-3-10-22/h4-6,11,13H,2-3,7-10,12H2,1H3,(H,20,24)(H,21,26)/t19-/m0/s1. The molecule has 1 aliphatic carbocycles. The van der Waals surface area contributed by atoms with E-state index in [-0.39, 0.29) is 10.8 Å². The third kappa shape index (κ3) is 3.62. The molecule has 3 aliphatic rings. The van der Waals surface area contributed by atoms with Gasteiger partial charge in [-0.05, 0) is 56.7 Å². The Hall–Kier alpha value is -2.46. The second-order valence-electron chi connectivity index (χ2n) is 7.99. The third-order valence-electron chi connectivity index (χ3n) is 5.82. The smallest absolute Gasteiger partial charge is 0.324 e. The van der Waals surface area contributed by atoms with E-state index in [9.17, 15) is 22.8 Å². The van der Waals surface area contributed by atoms with E-state index in [1.807, 2.05) is 0 Å². The minimum atomic E-state index is -3.60. The quantitative estimate of drug-likeness (QED) is 0.670. The van der Waals surface area contributed by atoms with Gasteiger partial charge in [-0.2, -0.15) is 4.31 Å². The van der Waals surface area contributed by atoms with Crippen molar-refractivity contribution in [2.45, 2.75) is 43.0 Å². The molecule has 2 aliphatic heterocycles. The molecular formula is C19H24N4O5S. The van der Waals surface area contributed by atoms with E-state index in [2.05, 4.69) is 10.6 Å². The minimum Gasteiger partial charge on any atom is -0.324 e. The highest BCUT2D eigenvalue weighted by atomic mass is 32.2. The molecule has 4 amide bonds. The SMILES string of the molecule is C[C@@]1(C2CC2)NC(=O)N(CC(=O)Nc2cccc(S(=O)(=O)N3CCCC3)c2)C1=O. The van der Waals surface area contributed by atoms with Crippen LogP contribution < -0.4 is 10.6 Å². The summed E-state index contributed by atoms with van der Waals surface area (Å²) in [6.45, 7) is 2.25. The number of anilines is 1. The zero-order valence-corrected chi connectivity index (χ0v) is 17.0. The monoisotopic (exact) mass is 420 g/mol. The summed E-state index contributed by atoms with van der Waals surface area (Å²) in [5.74, 6) is -0.853. The number of urea groups is 1. The van der Waals surface area contributed by atoms with Crippen LogP contribution in [-0.4, -0.2) is 60.6 Å². The summed E-state index contributed by atoms with van der Waals surface area (Å²) in [5.41, 5.74) is -0.645. The van der Waals surface area contributed by atoms with Crippen LogP contribution in [0.3, 0.4) is 0 Å². The molecule has 10 heteroatoms. The number of nitrogens with one attached hydrogen (secondary N) is 2. The van der Waals surface area contributed by atoms with Crippen molar-refractivity contribution in [3.63, 3.8) is 0 Å². The summed E-state index contributed by atoms with van der Waals surface area (Å²) in [6, 6.07) is 5.43. The van der Waals surface area contributed by atoms with E-state index in [0.29, 0.717) is 18.8 Å². The van der Waals surface area contributed by atoms with Crippen LogP contribution in [0, 0.1) is 5.92 Å². The van der Waals surface area contributed by atoms with Gasteiger partial charge < -0.3 is 10.6 Å². The topological polar surface area (TPSA) is 116 Å². The van der Waals surface area contributed by atoms with Gasteiger partial charge in [0.05, 0.1) is 4.90 Å². The number of hydrogen-bond donors (Lipinski definition) is 2. The van der Waals surface area contributed by atoms with Gasteiger partial charge in [0.2, 0.25) is 15.9 Å². The van der Waals surface area contributed by atoms with Crippen molar-refractivity contribution in [2.24, 2.45) is 5.92 Å². The maximum Gasteiger partial charge on any atom is 0.325 e. The Balaban J connectivity index is 1.44. The average Bonchev–Trinajstić information content (AvgIpc) is 3.34. The lowest BCUT2D eigenvalue weighted by atomic mass is 9.96. The molecule has 0 spiro atoms. The van der Waals surface area contributed by atoms with Gasteiger partial charge in [0.1, 0.15) is 12.1 Å². The van der Waals surface area contributed by atoms with Gasteiger partial charge in [0.25, 0.3) is 5.91 Å². The van der Waals surface area contributed by atoms with Crippen molar-refractivity contribution in [2.75, 3.05) is 25.0 Å². The van der Waals surface area contributed by atoms with Crippen LogP contribution in [0.4, 0.5) is 10.5 Å². The largest absolute Gasteiger partial charge is 0.325 e. The van der Waals surface area contributed by atoms with Crippen LogP contribution in [0.1, 0.15) is 32.6 Å². The van der Waals surface area contributed by atoms with Crippen LogP contribution in [0.5, 0.6) is 0 Å². The molecule has 2 heterocycles. The number of amides is 4. The van der Waals surface area contributed by atoms with Crippen molar-refractivity contribution in [1.29, 1.82) is 0 Å². The Morgan fingerprint density at radius 3 is 2.59 bits per heavy atom. The van der Waals surface area contributed by atoms with Crippen LogP contribution in [-0.2, 0) is 19.6 Å². The first-order valence-electron chi connectivity index (χ1n) is 9.76. The molecule has 9 nitrogen and oxygen atoms in total. The highest BCUT2D eigenvalue weighted by Gasteiger charge is 2.56. The summed E-state index contributed by atoms with van der Waals surface area (Å²) in [4.78, 5) is 38.2. The predicted octanol–water partition coefficient (Wildman–Crippen LogP) is 1.13. The Morgan fingerprint density at radius 2 is 1.93 bits per heavy atom. The minimum absolute atomic E-state index is 0.105. The number of imide groups is 1. The van der Waals surface area contributed by atoms with Gasteiger partial charge in [0.15, 0.2) is 0 Å². The second-order valence-corrected chi connectivity index (χ2v) is 9.92. The van der Waals surface area contributed by atoms with Gasteiger partial charge in [-0.1, -0.05) is 6.07 Å². The van der Waals surface area contributed by atoms with Gasteiger partial charge in [0, 0.05) is 18.8 Å². The maximum atomic E-state index is 12.7. The molecule has 0 aromatic heterocycles. The van der Waals surface area contributed by atoms with Crippen LogP contribution >= 0.6 is 0 Å². The third-order valence-corrected chi connectivity index (χ3v) is 7.71. The molecule has 2 saturated heterocycles. The summed E-state index contributed by atoms with van der Waals surface area (Å²) in [5, 5.41) is 5.28. The molecule has 29 heavy (non-hydrogen) atoms. The number of carbonyl (C=O) groups is 3. The van der Waals surface area contributed by atoms with Crippen molar-refractivity contribution in [3.8, 4) is 0 Å². The van der Waals surface area contributed by atoms with E-state index in [4.69, 9.17) is 0 Å². The summed E-state index contributed by atoms with van der Waals surface area (Å²) < 4.78 is 26.8. The number of sulfonamides is 1. The number of nitrogens with zero attached hydrogens (tertiary/aromatic N) is 2. The molecule has 1 aromatic rings. The van der Waals surface area contributed by atoms with Crippen molar-refractivity contribution >= 4 is 33.6 Å². The van der Waals surface area contributed by atoms with E-state index in [1.54, 1.807) is 19.1 Å². The van der Waals surface area contributed by atoms with Crippen LogP contribution in [0.25, 0.3) is 0 Å². The first kappa shape index (κ1) is 19.8. The van der Waals surface area contributed by atoms with E-state index < -0.39 is 40.0 Å². The van der Waals surface area contributed by atoms with Gasteiger partial charge in [-0.3, -0.25) is 14.5 Å². The zero-order valence-electron chi connectivity index (χ0n) is 16.2. The van der Waals surface area contributed by atoms with E-state index in [0.717, 1.165) is 30.6 Å². The lowest BCUT2D eigenvalue weighted by molar-refractivity contribution is -0.134. The molecule has 1 aromatic carbocycles. The lowest BCUT2D eigenvalue weighted by Crippen LogP contribution is -2.46. The highest BCUT2D eigenvalue weighted by Crippen LogP contribution is 2.42. The fraction of sp³-hybridized carbons (Fsp3) is 0.526. The molecule has 0 unspecified atom stereocenters. The Labute approximate surface area is 169 Å². The number of hydrogen-bond acceptors (Lipinski definition) is 5. The summed E-state index contributed by atoms with van der Waals surface area (Å²) in [6.07, 6.45) is 3.42. The predicted molar refractivity (Wildman–Crippen MR) is 104 cm³/mol. The fourth-order valence-corrected chi connectivity index (χ4v) is 5.52. The van der Waals surface area contributed by atoms with Crippen LogP contribution in [0.2, 0.25) is 0 Å². The first-order valence-corrected chi connectivity index (χ1v) is 11.2. The van der Waals surface area contributed by atoms with E-state index in [1.165, 1.54) is 16.4 Å². The lowest BCUT2D eigenvalue weighted by Gasteiger charge is -2.20. The molecule has 1 saturated carbocycles. The number of carbonyl (C=O) groups excluding carboxylic acids is 3. The second kappa shape index (κ2) is 7.10.